The van der Waals surface area contributed by atoms with E-state index in [2.05, 4.69) is 0 Å². The zero-order chi connectivity index (χ0) is 15.2. The topological polar surface area (TPSA) is 121 Å². The molecule has 0 bridgehead atoms. The molecule has 110 valence electrons. The second-order valence-electron chi connectivity index (χ2n) is 5.03. The molecular formula is C12H16N2O5S. The Balaban J connectivity index is 2.32. The fourth-order valence-electron chi connectivity index (χ4n) is 2.86. The number of carbonyl (C=O) groups is 3. The van der Waals surface area contributed by atoms with Crippen molar-refractivity contribution in [1.29, 1.82) is 0 Å². The van der Waals surface area contributed by atoms with Crippen LogP contribution in [-0.2, 0) is 14.4 Å². The predicted molar refractivity (Wildman–Crippen MR) is 71.3 cm³/mol. The van der Waals surface area contributed by atoms with Gasteiger partial charge in [0, 0.05) is 10.8 Å². The van der Waals surface area contributed by atoms with Crippen LogP contribution >= 0.6 is 11.8 Å². The van der Waals surface area contributed by atoms with E-state index in [1.165, 1.54) is 11.8 Å². The lowest BCUT2D eigenvalue weighted by atomic mass is 9.79. The second-order valence-corrected chi connectivity index (χ2v) is 6.04. The van der Waals surface area contributed by atoms with Crippen LogP contribution in [0.3, 0.4) is 0 Å². The third-order valence-electron chi connectivity index (χ3n) is 3.68. The zero-order valence-electron chi connectivity index (χ0n) is 11.1. The molecule has 2 heterocycles. The quantitative estimate of drug-likeness (QED) is 0.581. The largest absolute Gasteiger partial charge is 0.477 e. The van der Waals surface area contributed by atoms with Crippen LogP contribution in [0.1, 0.15) is 13.8 Å². The lowest BCUT2D eigenvalue weighted by Crippen LogP contribution is -2.63. The SMILES string of the molecule is C[C@@H](O)[C@H]1C(=O)N2C(C(=O)O)=C(SCC(N)=O)[C@H](C)[C@H]12. The molecule has 0 spiro atoms. The average molecular weight is 300 g/mol. The number of nitrogens with two attached hydrogens (primary N) is 1. The summed E-state index contributed by atoms with van der Waals surface area (Å²) in [5.41, 5.74) is 4.99. The Bertz CT molecular complexity index is 516. The fraction of sp³-hybridized carbons (Fsp3) is 0.583. The number of primary amides is 1. The monoisotopic (exact) mass is 300 g/mol. The first-order valence-electron chi connectivity index (χ1n) is 6.17. The number of carboxylic acid groups (broad SMARTS) is 1. The third kappa shape index (κ3) is 2.08. The highest BCUT2D eigenvalue weighted by Gasteiger charge is 2.59. The summed E-state index contributed by atoms with van der Waals surface area (Å²) in [7, 11) is 0. The molecule has 20 heavy (non-hydrogen) atoms. The predicted octanol–water partition coefficient (Wildman–Crippen LogP) is -0.641. The number of hydrogen-bond donors (Lipinski definition) is 3. The fourth-order valence-corrected chi connectivity index (χ4v) is 3.89. The number of nitrogens with zero attached hydrogens (tertiary/aromatic N) is 1. The molecule has 2 rings (SSSR count). The smallest absolute Gasteiger partial charge is 0.353 e. The van der Waals surface area contributed by atoms with Crippen LogP contribution in [0.25, 0.3) is 0 Å². The van der Waals surface area contributed by atoms with Gasteiger partial charge in [0.1, 0.15) is 5.70 Å². The number of hydrogen-bond acceptors (Lipinski definition) is 5. The van der Waals surface area contributed by atoms with Gasteiger partial charge in [-0.2, -0.15) is 0 Å². The first kappa shape index (κ1) is 14.9. The van der Waals surface area contributed by atoms with Crippen molar-refractivity contribution in [2.45, 2.75) is 26.0 Å². The van der Waals surface area contributed by atoms with Crippen LogP contribution in [0, 0.1) is 11.8 Å². The van der Waals surface area contributed by atoms with Crippen molar-refractivity contribution >= 4 is 29.5 Å². The lowest BCUT2D eigenvalue weighted by molar-refractivity contribution is -0.163. The lowest BCUT2D eigenvalue weighted by Gasteiger charge is -2.46. The Morgan fingerprint density at radius 3 is 2.55 bits per heavy atom. The molecule has 4 atom stereocenters. The molecule has 0 unspecified atom stereocenters. The maximum Gasteiger partial charge on any atom is 0.353 e. The number of fused-ring (bicyclic) bond motifs is 1. The number of aliphatic hydroxyl groups is 1. The van der Waals surface area contributed by atoms with Crippen LogP contribution in [0.2, 0.25) is 0 Å². The first-order valence-corrected chi connectivity index (χ1v) is 7.15. The van der Waals surface area contributed by atoms with Gasteiger partial charge in [0.2, 0.25) is 11.8 Å². The summed E-state index contributed by atoms with van der Waals surface area (Å²) in [5, 5.41) is 18.9. The van der Waals surface area contributed by atoms with Gasteiger partial charge in [-0.1, -0.05) is 6.92 Å². The molecular weight excluding hydrogens is 284 g/mol. The summed E-state index contributed by atoms with van der Waals surface area (Å²) >= 11 is 1.05. The van der Waals surface area contributed by atoms with Crippen LogP contribution in [-0.4, -0.2) is 50.8 Å². The van der Waals surface area contributed by atoms with Crippen LogP contribution in [0.4, 0.5) is 0 Å². The molecule has 0 aliphatic carbocycles. The van der Waals surface area contributed by atoms with Gasteiger partial charge in [0.25, 0.3) is 0 Å². The summed E-state index contributed by atoms with van der Waals surface area (Å²) in [6.45, 7) is 3.31. The maximum absolute atomic E-state index is 12.0. The molecule has 1 saturated heterocycles. The van der Waals surface area contributed by atoms with Gasteiger partial charge < -0.3 is 20.8 Å². The van der Waals surface area contributed by atoms with E-state index in [1.807, 2.05) is 0 Å². The van der Waals surface area contributed by atoms with E-state index < -0.39 is 23.9 Å². The number of β-lactam (4-membered cyclic amide) rings is 1. The number of aliphatic hydroxyl groups excluding tert-OH is 1. The van der Waals surface area contributed by atoms with E-state index in [9.17, 15) is 24.6 Å². The van der Waals surface area contributed by atoms with Crippen molar-refractivity contribution in [3.63, 3.8) is 0 Å². The Kier molecular flexibility index (Phi) is 3.79. The summed E-state index contributed by atoms with van der Waals surface area (Å²) < 4.78 is 0. The molecule has 2 aliphatic rings. The third-order valence-corrected chi connectivity index (χ3v) is 4.99. The van der Waals surface area contributed by atoms with Crippen molar-refractivity contribution < 1.29 is 24.6 Å². The van der Waals surface area contributed by atoms with E-state index in [4.69, 9.17) is 5.73 Å². The van der Waals surface area contributed by atoms with Crippen molar-refractivity contribution in [2.24, 2.45) is 17.6 Å². The molecule has 4 N–H and O–H groups in total. The summed E-state index contributed by atoms with van der Waals surface area (Å²) in [4.78, 5) is 35.9. The van der Waals surface area contributed by atoms with Crippen molar-refractivity contribution in [3.05, 3.63) is 10.6 Å². The molecule has 2 amide bonds. The maximum atomic E-state index is 12.0. The van der Waals surface area contributed by atoms with Gasteiger partial charge in [-0.25, -0.2) is 4.79 Å². The minimum absolute atomic E-state index is 0.0372. The molecule has 0 aromatic rings. The number of carboxylic acids is 1. The zero-order valence-corrected chi connectivity index (χ0v) is 11.9. The molecule has 1 fully saturated rings. The molecule has 0 saturated carbocycles. The van der Waals surface area contributed by atoms with Gasteiger partial charge in [-0.05, 0) is 6.92 Å². The van der Waals surface area contributed by atoms with Gasteiger partial charge in [0.15, 0.2) is 0 Å². The Morgan fingerprint density at radius 1 is 1.50 bits per heavy atom. The Morgan fingerprint density at radius 2 is 2.10 bits per heavy atom. The molecule has 2 aliphatic heterocycles. The average Bonchev–Trinajstić information content (AvgIpc) is 2.56. The molecule has 0 aromatic carbocycles. The standard InChI is InChI=1S/C12H16N2O5S/c1-4-8-7(5(2)15)11(17)14(8)9(12(18)19)10(4)20-3-6(13)16/h4-5,7-8,15H,3H2,1-2H3,(H2,13,16)(H,18,19)/t4-,5-,7-,8-/m1/s1. The van der Waals surface area contributed by atoms with Crippen molar-refractivity contribution in [1.82, 2.24) is 4.90 Å². The highest BCUT2D eigenvalue weighted by Crippen LogP contribution is 2.50. The van der Waals surface area contributed by atoms with Crippen LogP contribution in [0.15, 0.2) is 10.6 Å². The second kappa shape index (κ2) is 5.10. The van der Waals surface area contributed by atoms with Crippen molar-refractivity contribution in [3.8, 4) is 0 Å². The summed E-state index contributed by atoms with van der Waals surface area (Å²) in [5.74, 6) is -3.00. The van der Waals surface area contributed by atoms with E-state index >= 15 is 0 Å². The van der Waals surface area contributed by atoms with Crippen molar-refractivity contribution in [2.75, 3.05) is 5.75 Å². The number of amides is 2. The number of aliphatic carboxylic acids is 1. The van der Waals surface area contributed by atoms with E-state index in [0.29, 0.717) is 4.91 Å². The first-order chi connectivity index (χ1) is 9.27. The highest BCUT2D eigenvalue weighted by molar-refractivity contribution is 8.03. The van der Waals surface area contributed by atoms with E-state index in [1.54, 1.807) is 6.92 Å². The highest BCUT2D eigenvalue weighted by atomic mass is 32.2. The number of rotatable bonds is 5. The van der Waals surface area contributed by atoms with Gasteiger partial charge >= 0.3 is 5.97 Å². The molecule has 0 aromatic heterocycles. The van der Waals surface area contributed by atoms with Gasteiger partial charge in [0.05, 0.1) is 23.8 Å². The number of thioether (sulfide) groups is 1. The minimum atomic E-state index is -1.20. The Hall–Kier alpha value is -1.54. The summed E-state index contributed by atoms with van der Waals surface area (Å²) in [6, 6.07) is -0.357. The number of carbonyl (C=O) groups excluding carboxylic acids is 2. The normalized spacial score (nSPS) is 30.1. The van der Waals surface area contributed by atoms with E-state index in [0.717, 1.165) is 11.8 Å². The van der Waals surface area contributed by atoms with E-state index in [-0.39, 0.29) is 29.3 Å². The molecule has 8 heteroatoms. The van der Waals surface area contributed by atoms with Crippen LogP contribution in [0.5, 0.6) is 0 Å². The molecule has 0 radical (unpaired) electrons. The summed E-state index contributed by atoms with van der Waals surface area (Å²) in [6.07, 6.45) is -0.832. The molecule has 7 nitrogen and oxygen atoms in total. The Labute approximate surface area is 119 Å². The van der Waals surface area contributed by atoms with Gasteiger partial charge in [-0.3, -0.25) is 9.59 Å². The minimum Gasteiger partial charge on any atom is -0.477 e. The van der Waals surface area contributed by atoms with Crippen LogP contribution < -0.4 is 5.73 Å². The van der Waals surface area contributed by atoms with Gasteiger partial charge in [-0.15, -0.1) is 11.8 Å².